The molecule has 0 aliphatic rings. The lowest BCUT2D eigenvalue weighted by atomic mass is 10.1. The van der Waals surface area contributed by atoms with Gasteiger partial charge >= 0.3 is 0 Å². The minimum absolute atomic E-state index is 0.142. The van der Waals surface area contributed by atoms with Gasteiger partial charge in [0.15, 0.2) is 6.29 Å². The summed E-state index contributed by atoms with van der Waals surface area (Å²) in [5.74, 6) is 0. The van der Waals surface area contributed by atoms with E-state index in [0.717, 1.165) is 58.1 Å². The van der Waals surface area contributed by atoms with E-state index in [1.54, 1.807) is 0 Å². The van der Waals surface area contributed by atoms with E-state index in [1.165, 1.54) is 103 Å². The molecule has 2 N–H and O–H groups in total. The number of hydrogen-bond acceptors (Lipinski definition) is 7. The van der Waals surface area contributed by atoms with E-state index in [2.05, 4.69) is 61.8 Å². The van der Waals surface area contributed by atoms with Gasteiger partial charge in [0, 0.05) is 37.3 Å². The van der Waals surface area contributed by atoms with Crippen molar-refractivity contribution in [2.75, 3.05) is 64.8 Å². The standard InChI is InChI=1S/C41H83NO5S2/c1-6-8-10-12-14-15-16-17-18-19-20-21-22-24-28-32-41(45-39-40(48-3)31-27-23-13-11-9-7-2)47-49(4,5)46-38-30-26-25-29-33-42(34-36-43)35-37-44/h14-15,17-18,40-41,43-44H,6-13,16,19-39H2,1-5H3/b15-14-,18-17-. The van der Waals surface area contributed by atoms with Crippen LogP contribution in [-0.2, 0) is 13.1 Å². The lowest BCUT2D eigenvalue weighted by Crippen LogP contribution is -2.30. The highest BCUT2D eigenvalue weighted by Gasteiger charge is 2.20. The number of aliphatic hydroxyl groups excluding tert-OH is 2. The molecule has 2 unspecified atom stereocenters. The molecule has 0 aromatic heterocycles. The molecule has 0 rings (SSSR count). The van der Waals surface area contributed by atoms with E-state index < -0.39 is 10.6 Å². The first-order valence-corrected chi connectivity index (χ1v) is 23.9. The SMILES string of the molecule is CCCCC/C=C\C/C=C\CCCCCCCC(OCC(CCCCCCCC)SC)OS(C)(C)OCCCCCCN(CCO)CCO. The summed E-state index contributed by atoms with van der Waals surface area (Å²) in [6, 6.07) is 0. The fourth-order valence-corrected chi connectivity index (χ4v) is 7.73. The maximum atomic E-state index is 9.20. The second-order valence-electron chi connectivity index (χ2n) is 14.0. The van der Waals surface area contributed by atoms with Crippen LogP contribution in [0.5, 0.6) is 0 Å². The fourth-order valence-electron chi connectivity index (χ4n) is 5.87. The normalized spacial score (nSPS) is 14.1. The number of thioether (sulfide) groups is 1. The molecular formula is C41H83NO5S2. The molecule has 2 atom stereocenters. The summed E-state index contributed by atoms with van der Waals surface area (Å²) in [5, 5.41) is 18.9. The number of aliphatic hydroxyl groups is 2. The maximum Gasteiger partial charge on any atom is 0.180 e. The molecule has 0 amide bonds. The van der Waals surface area contributed by atoms with Gasteiger partial charge in [0.05, 0.1) is 26.4 Å². The first-order chi connectivity index (χ1) is 23.9. The van der Waals surface area contributed by atoms with E-state index in [0.29, 0.717) is 24.9 Å². The molecule has 0 aliphatic carbocycles. The van der Waals surface area contributed by atoms with Gasteiger partial charge in [-0.3, -0.25) is 13.3 Å². The van der Waals surface area contributed by atoms with E-state index in [-0.39, 0.29) is 19.5 Å². The summed E-state index contributed by atoms with van der Waals surface area (Å²) in [4.78, 5) is 2.13. The van der Waals surface area contributed by atoms with Crippen LogP contribution >= 0.6 is 22.4 Å². The average Bonchev–Trinajstić information content (AvgIpc) is 3.08. The van der Waals surface area contributed by atoms with Crippen molar-refractivity contribution >= 4 is 22.4 Å². The molecule has 8 heteroatoms. The van der Waals surface area contributed by atoms with Gasteiger partial charge in [-0.25, -0.2) is 0 Å². The fraction of sp³-hybridized carbons (Fsp3) is 0.902. The summed E-state index contributed by atoms with van der Waals surface area (Å²) in [5.41, 5.74) is 0. The third-order valence-corrected chi connectivity index (χ3v) is 11.4. The van der Waals surface area contributed by atoms with Crippen molar-refractivity contribution in [3.8, 4) is 0 Å². The quantitative estimate of drug-likeness (QED) is 0.0370. The summed E-state index contributed by atoms with van der Waals surface area (Å²) in [7, 11) is -1.66. The van der Waals surface area contributed by atoms with Crippen LogP contribution in [0, 0.1) is 0 Å². The van der Waals surface area contributed by atoms with Crippen LogP contribution in [0.2, 0.25) is 0 Å². The van der Waals surface area contributed by atoms with Crippen LogP contribution in [0.3, 0.4) is 0 Å². The summed E-state index contributed by atoms with van der Waals surface area (Å²) < 4.78 is 19.4. The van der Waals surface area contributed by atoms with Gasteiger partial charge in [-0.05, 0) is 70.6 Å². The van der Waals surface area contributed by atoms with Crippen LogP contribution < -0.4 is 0 Å². The smallest absolute Gasteiger partial charge is 0.180 e. The minimum atomic E-state index is -1.66. The Kier molecular flexibility index (Phi) is 37.6. The number of nitrogens with zero attached hydrogens (tertiary/aromatic N) is 1. The lowest BCUT2D eigenvalue weighted by Gasteiger charge is -2.38. The van der Waals surface area contributed by atoms with Gasteiger partial charge < -0.3 is 14.9 Å². The van der Waals surface area contributed by atoms with E-state index in [9.17, 15) is 10.2 Å². The highest BCUT2D eigenvalue weighted by molar-refractivity contribution is 8.24. The lowest BCUT2D eigenvalue weighted by molar-refractivity contribution is -0.0830. The Morgan fingerprint density at radius 2 is 1.16 bits per heavy atom. The van der Waals surface area contributed by atoms with Gasteiger partial charge in [0.1, 0.15) is 0 Å². The Morgan fingerprint density at radius 3 is 1.80 bits per heavy atom. The monoisotopic (exact) mass is 734 g/mol. The molecule has 0 heterocycles. The molecule has 0 fully saturated rings. The van der Waals surface area contributed by atoms with Crippen molar-refractivity contribution in [1.29, 1.82) is 0 Å². The van der Waals surface area contributed by atoms with Gasteiger partial charge in [-0.15, -0.1) is 0 Å². The molecule has 0 spiro atoms. The number of ether oxygens (including phenoxy) is 1. The molecule has 0 saturated heterocycles. The Balaban J connectivity index is 4.56. The topological polar surface area (TPSA) is 71.4 Å². The van der Waals surface area contributed by atoms with Gasteiger partial charge in [0.2, 0.25) is 0 Å². The number of allylic oxidation sites excluding steroid dienone is 4. The van der Waals surface area contributed by atoms with Crippen molar-refractivity contribution < 1.29 is 23.3 Å². The van der Waals surface area contributed by atoms with E-state index in [1.807, 2.05) is 11.8 Å². The molecule has 49 heavy (non-hydrogen) atoms. The number of unbranched alkanes of at least 4 members (excludes halogenated alkanes) is 16. The Bertz CT molecular complexity index is 718. The molecule has 0 radical (unpaired) electrons. The molecule has 0 aliphatic heterocycles. The highest BCUT2D eigenvalue weighted by atomic mass is 32.3. The number of rotatable bonds is 39. The van der Waals surface area contributed by atoms with Gasteiger partial charge in [-0.2, -0.15) is 22.4 Å². The first-order valence-electron chi connectivity index (χ1n) is 20.4. The van der Waals surface area contributed by atoms with Gasteiger partial charge in [0.25, 0.3) is 0 Å². The van der Waals surface area contributed by atoms with E-state index >= 15 is 0 Å². The largest absolute Gasteiger partial charge is 0.395 e. The van der Waals surface area contributed by atoms with Crippen LogP contribution in [-0.4, -0.2) is 91.5 Å². The maximum absolute atomic E-state index is 9.20. The molecule has 6 nitrogen and oxygen atoms in total. The van der Waals surface area contributed by atoms with Crippen molar-refractivity contribution in [3.05, 3.63) is 24.3 Å². The zero-order valence-corrected chi connectivity index (χ0v) is 34.7. The second kappa shape index (κ2) is 37.7. The molecule has 0 bridgehead atoms. The van der Waals surface area contributed by atoms with Crippen LogP contribution in [0.1, 0.15) is 162 Å². The molecule has 0 saturated carbocycles. The van der Waals surface area contributed by atoms with Crippen molar-refractivity contribution in [3.63, 3.8) is 0 Å². The zero-order valence-electron chi connectivity index (χ0n) is 33.1. The third-order valence-electron chi connectivity index (χ3n) is 8.98. The Labute approximate surface area is 311 Å². The summed E-state index contributed by atoms with van der Waals surface area (Å²) >= 11 is 1.94. The Hall–Kier alpha value is -0.0600. The first kappa shape index (κ1) is 48.9. The summed E-state index contributed by atoms with van der Waals surface area (Å²) in [6.07, 6.45) is 43.7. The van der Waals surface area contributed by atoms with Crippen LogP contribution in [0.15, 0.2) is 24.3 Å². The third kappa shape index (κ3) is 34.8. The summed E-state index contributed by atoms with van der Waals surface area (Å²) in [6.45, 7) is 8.47. The van der Waals surface area contributed by atoms with E-state index in [4.69, 9.17) is 13.1 Å². The van der Waals surface area contributed by atoms with Crippen molar-refractivity contribution in [1.82, 2.24) is 4.90 Å². The minimum Gasteiger partial charge on any atom is -0.395 e. The molecule has 294 valence electrons. The van der Waals surface area contributed by atoms with Crippen LogP contribution in [0.4, 0.5) is 0 Å². The predicted octanol–water partition coefficient (Wildman–Crippen LogP) is 11.4. The second-order valence-corrected chi connectivity index (χ2v) is 17.8. The zero-order chi connectivity index (χ0) is 36.1. The molecule has 0 aromatic carbocycles. The van der Waals surface area contributed by atoms with Crippen molar-refractivity contribution in [2.45, 2.75) is 173 Å². The highest BCUT2D eigenvalue weighted by Crippen LogP contribution is 2.45. The number of hydrogen-bond donors (Lipinski definition) is 2. The molecular weight excluding hydrogens is 651 g/mol. The Morgan fingerprint density at radius 1 is 0.633 bits per heavy atom. The van der Waals surface area contributed by atoms with Crippen LogP contribution in [0.25, 0.3) is 0 Å². The molecule has 0 aromatic rings. The van der Waals surface area contributed by atoms with Gasteiger partial charge in [-0.1, -0.05) is 122 Å². The average molecular weight is 734 g/mol. The van der Waals surface area contributed by atoms with Crippen molar-refractivity contribution in [2.24, 2.45) is 0 Å². The predicted molar refractivity (Wildman–Crippen MR) is 220 cm³/mol.